The third-order valence-electron chi connectivity index (χ3n) is 3.28. The molecule has 3 aromatic rings. The van der Waals surface area contributed by atoms with Crippen molar-refractivity contribution in [2.24, 2.45) is 0 Å². The highest BCUT2D eigenvalue weighted by Gasteiger charge is 2.08. The average molecular weight is 287 g/mol. The summed E-state index contributed by atoms with van der Waals surface area (Å²) in [6.45, 7) is 1.40. The minimum absolute atomic E-state index is 0.285. The molecule has 0 unspecified atom stereocenters. The van der Waals surface area contributed by atoms with Gasteiger partial charge in [-0.05, 0) is 23.8 Å². The molecule has 3 rings (SSSR count). The number of phenols is 1. The molecule has 3 nitrogen and oxygen atoms in total. The Bertz CT molecular complexity index is 719. The van der Waals surface area contributed by atoms with Crippen LogP contribution in [0, 0.1) is 0 Å². The third kappa shape index (κ3) is 2.64. The summed E-state index contributed by atoms with van der Waals surface area (Å²) in [4.78, 5) is 3.32. The van der Waals surface area contributed by atoms with E-state index in [4.69, 9.17) is 11.6 Å². The van der Waals surface area contributed by atoms with Crippen LogP contribution in [0.1, 0.15) is 11.3 Å². The maximum Gasteiger partial charge on any atom is 0.115 e. The molecule has 20 heavy (non-hydrogen) atoms. The Morgan fingerprint density at radius 2 is 1.75 bits per heavy atom. The minimum atomic E-state index is 0.285. The van der Waals surface area contributed by atoms with E-state index in [-0.39, 0.29) is 5.75 Å². The molecule has 0 atom stereocenters. The van der Waals surface area contributed by atoms with Gasteiger partial charge in [0.05, 0.1) is 5.02 Å². The fourth-order valence-corrected chi connectivity index (χ4v) is 2.51. The zero-order valence-electron chi connectivity index (χ0n) is 10.9. The minimum Gasteiger partial charge on any atom is -0.508 e. The van der Waals surface area contributed by atoms with E-state index >= 15 is 0 Å². The van der Waals surface area contributed by atoms with Crippen molar-refractivity contribution in [1.29, 1.82) is 0 Å². The Balaban J connectivity index is 1.68. The summed E-state index contributed by atoms with van der Waals surface area (Å²) >= 11 is 6.36. The van der Waals surface area contributed by atoms with Crippen LogP contribution >= 0.6 is 11.6 Å². The second kappa shape index (κ2) is 5.57. The first-order chi connectivity index (χ1) is 9.74. The van der Waals surface area contributed by atoms with Gasteiger partial charge in [-0.15, -0.1) is 0 Å². The number of halogens is 1. The van der Waals surface area contributed by atoms with E-state index in [9.17, 15) is 5.11 Å². The molecule has 0 radical (unpaired) electrons. The average Bonchev–Trinajstić information content (AvgIpc) is 2.78. The Morgan fingerprint density at radius 3 is 2.50 bits per heavy atom. The smallest absolute Gasteiger partial charge is 0.115 e. The van der Waals surface area contributed by atoms with Crippen molar-refractivity contribution in [3.63, 3.8) is 0 Å². The number of para-hydroxylation sites is 1. The van der Waals surface area contributed by atoms with Crippen LogP contribution in [-0.4, -0.2) is 10.1 Å². The highest BCUT2D eigenvalue weighted by atomic mass is 35.5. The van der Waals surface area contributed by atoms with Crippen LogP contribution in [0.2, 0.25) is 5.02 Å². The lowest BCUT2D eigenvalue weighted by atomic mass is 10.2. The summed E-state index contributed by atoms with van der Waals surface area (Å²) in [5, 5.41) is 14.4. The zero-order chi connectivity index (χ0) is 13.9. The van der Waals surface area contributed by atoms with Gasteiger partial charge in [-0.2, -0.15) is 0 Å². The van der Waals surface area contributed by atoms with Crippen LogP contribution in [0.15, 0.2) is 48.5 Å². The van der Waals surface area contributed by atoms with E-state index in [0.717, 1.165) is 33.7 Å². The Labute approximate surface area is 122 Å². The molecule has 0 aliphatic heterocycles. The van der Waals surface area contributed by atoms with Crippen LogP contribution in [0.4, 0.5) is 0 Å². The van der Waals surface area contributed by atoms with Gasteiger partial charge in [-0.1, -0.05) is 41.9 Å². The van der Waals surface area contributed by atoms with Gasteiger partial charge in [0.15, 0.2) is 0 Å². The highest BCUT2D eigenvalue weighted by Crippen LogP contribution is 2.26. The topological polar surface area (TPSA) is 48.0 Å². The molecule has 1 aromatic heterocycles. The molecular weight excluding hydrogens is 272 g/mol. The van der Waals surface area contributed by atoms with Gasteiger partial charge in [0.25, 0.3) is 0 Å². The summed E-state index contributed by atoms with van der Waals surface area (Å²) in [5.74, 6) is 0.285. The Morgan fingerprint density at radius 1 is 1.00 bits per heavy atom. The molecule has 1 heterocycles. The third-order valence-corrected chi connectivity index (χ3v) is 3.71. The lowest BCUT2D eigenvalue weighted by Gasteiger charge is -2.04. The first-order valence-corrected chi connectivity index (χ1v) is 6.85. The second-order valence-electron chi connectivity index (χ2n) is 4.73. The van der Waals surface area contributed by atoms with Crippen LogP contribution in [-0.2, 0) is 13.1 Å². The van der Waals surface area contributed by atoms with Crippen LogP contribution in [0.25, 0.3) is 10.9 Å². The summed E-state index contributed by atoms with van der Waals surface area (Å²) < 4.78 is 0. The number of rotatable bonds is 4. The van der Waals surface area contributed by atoms with E-state index in [1.165, 1.54) is 0 Å². The largest absolute Gasteiger partial charge is 0.508 e. The van der Waals surface area contributed by atoms with Crippen molar-refractivity contribution < 1.29 is 5.11 Å². The number of aromatic hydroxyl groups is 1. The molecule has 0 aliphatic rings. The number of H-pyrrole nitrogens is 1. The zero-order valence-corrected chi connectivity index (χ0v) is 11.6. The first-order valence-electron chi connectivity index (χ1n) is 6.48. The molecule has 3 N–H and O–H groups in total. The second-order valence-corrected chi connectivity index (χ2v) is 5.11. The number of fused-ring (bicyclic) bond motifs is 1. The molecule has 2 aromatic carbocycles. The van der Waals surface area contributed by atoms with E-state index in [2.05, 4.69) is 10.3 Å². The molecule has 0 bridgehead atoms. The number of aromatic amines is 1. The van der Waals surface area contributed by atoms with E-state index < -0.39 is 0 Å². The van der Waals surface area contributed by atoms with Gasteiger partial charge in [0.1, 0.15) is 5.75 Å². The van der Waals surface area contributed by atoms with Gasteiger partial charge in [-0.3, -0.25) is 0 Å². The van der Waals surface area contributed by atoms with Crippen LogP contribution in [0.3, 0.4) is 0 Å². The van der Waals surface area contributed by atoms with Crippen molar-refractivity contribution in [2.45, 2.75) is 13.1 Å². The standard InChI is InChI=1S/C16H15ClN2O/c17-16-13-3-1-2-4-14(13)19-15(16)10-18-9-11-5-7-12(20)8-6-11/h1-8,18-20H,9-10H2. The fraction of sp³-hybridized carbons (Fsp3) is 0.125. The summed E-state index contributed by atoms with van der Waals surface area (Å²) in [6, 6.07) is 15.2. The number of hydrogen-bond donors (Lipinski definition) is 3. The quantitative estimate of drug-likeness (QED) is 0.683. The molecule has 102 valence electrons. The predicted molar refractivity (Wildman–Crippen MR) is 82.0 cm³/mol. The van der Waals surface area contributed by atoms with Gasteiger partial charge in [-0.25, -0.2) is 0 Å². The van der Waals surface area contributed by atoms with Crippen LogP contribution < -0.4 is 5.32 Å². The number of hydrogen-bond acceptors (Lipinski definition) is 2. The van der Waals surface area contributed by atoms with Gasteiger partial charge >= 0.3 is 0 Å². The molecule has 0 saturated heterocycles. The summed E-state index contributed by atoms with van der Waals surface area (Å²) in [7, 11) is 0. The number of nitrogens with one attached hydrogen (secondary N) is 2. The maximum absolute atomic E-state index is 9.23. The fourth-order valence-electron chi connectivity index (χ4n) is 2.23. The molecule has 0 fully saturated rings. The van der Waals surface area contributed by atoms with Gasteiger partial charge in [0.2, 0.25) is 0 Å². The maximum atomic E-state index is 9.23. The van der Waals surface area contributed by atoms with Crippen molar-refractivity contribution >= 4 is 22.5 Å². The highest BCUT2D eigenvalue weighted by molar-refractivity contribution is 6.36. The Kier molecular flexibility index (Phi) is 3.63. The molecule has 0 spiro atoms. The van der Waals surface area contributed by atoms with Gasteiger partial charge in [0, 0.05) is 29.7 Å². The van der Waals surface area contributed by atoms with E-state index in [1.807, 2.05) is 36.4 Å². The lowest BCUT2D eigenvalue weighted by molar-refractivity contribution is 0.475. The lowest BCUT2D eigenvalue weighted by Crippen LogP contribution is -2.13. The number of phenolic OH excluding ortho intramolecular Hbond substituents is 1. The van der Waals surface area contributed by atoms with E-state index in [0.29, 0.717) is 6.54 Å². The molecule has 0 amide bonds. The molecule has 0 saturated carbocycles. The van der Waals surface area contributed by atoms with Crippen molar-refractivity contribution in [1.82, 2.24) is 10.3 Å². The molecule has 4 heteroatoms. The first kappa shape index (κ1) is 13.0. The van der Waals surface area contributed by atoms with Crippen molar-refractivity contribution in [3.8, 4) is 5.75 Å². The summed E-state index contributed by atoms with van der Waals surface area (Å²) in [6.07, 6.45) is 0. The van der Waals surface area contributed by atoms with Crippen LogP contribution in [0.5, 0.6) is 5.75 Å². The van der Waals surface area contributed by atoms with Crippen molar-refractivity contribution in [2.75, 3.05) is 0 Å². The normalized spacial score (nSPS) is 11.1. The number of benzene rings is 2. The molecular formula is C16H15ClN2O. The van der Waals surface area contributed by atoms with Crippen molar-refractivity contribution in [3.05, 3.63) is 64.8 Å². The molecule has 0 aliphatic carbocycles. The van der Waals surface area contributed by atoms with Gasteiger partial charge < -0.3 is 15.4 Å². The van der Waals surface area contributed by atoms with E-state index in [1.54, 1.807) is 12.1 Å². The predicted octanol–water partition coefficient (Wildman–Crippen LogP) is 3.82. The Hall–Kier alpha value is -1.97. The number of aromatic nitrogens is 1. The monoisotopic (exact) mass is 286 g/mol. The summed E-state index contributed by atoms with van der Waals surface area (Å²) in [5.41, 5.74) is 3.17. The SMILES string of the molecule is Oc1ccc(CNCc2[nH]c3ccccc3c2Cl)cc1.